The van der Waals surface area contributed by atoms with Gasteiger partial charge in [0.1, 0.15) is 10.4 Å². The molecule has 2 N–H and O–H groups in total. The summed E-state index contributed by atoms with van der Waals surface area (Å²) in [6.07, 6.45) is 2.22. The van der Waals surface area contributed by atoms with Crippen molar-refractivity contribution in [1.82, 2.24) is 4.90 Å². The number of carbonyl (C=O) groups excluding carboxylic acids is 1. The molecular formula is C17H19NO5S2. The molecule has 1 aromatic rings. The molecule has 134 valence electrons. The van der Waals surface area contributed by atoms with Crippen LogP contribution in [0.15, 0.2) is 23.1 Å². The van der Waals surface area contributed by atoms with Gasteiger partial charge in [-0.1, -0.05) is 50.3 Å². The van der Waals surface area contributed by atoms with Gasteiger partial charge in [0.2, 0.25) is 0 Å². The van der Waals surface area contributed by atoms with Gasteiger partial charge in [-0.15, -0.1) is 0 Å². The molecule has 2 rings (SSSR count). The topological polar surface area (TPSA) is 87.1 Å². The first-order valence-electron chi connectivity index (χ1n) is 7.67. The molecule has 1 aromatic carbocycles. The fourth-order valence-electron chi connectivity index (χ4n) is 2.49. The van der Waals surface area contributed by atoms with Crippen LogP contribution in [-0.2, 0) is 9.59 Å². The molecule has 0 aromatic heterocycles. The van der Waals surface area contributed by atoms with E-state index in [2.05, 4.69) is 0 Å². The number of hydrogen-bond acceptors (Lipinski definition) is 6. The van der Waals surface area contributed by atoms with Crippen molar-refractivity contribution in [3.8, 4) is 11.5 Å². The molecule has 1 saturated heterocycles. The van der Waals surface area contributed by atoms with Crippen LogP contribution in [0.3, 0.4) is 0 Å². The van der Waals surface area contributed by atoms with E-state index in [0.717, 1.165) is 11.8 Å². The minimum Gasteiger partial charge on any atom is -0.504 e. The van der Waals surface area contributed by atoms with Crippen LogP contribution in [0.4, 0.5) is 0 Å². The normalized spacial score (nSPS) is 18.5. The molecule has 2 atom stereocenters. The van der Waals surface area contributed by atoms with Crippen LogP contribution >= 0.6 is 24.0 Å². The molecule has 0 radical (unpaired) electrons. The molecule has 1 aliphatic rings. The Morgan fingerprint density at radius 2 is 2.16 bits per heavy atom. The monoisotopic (exact) mass is 381 g/mol. The number of amides is 1. The smallest absolute Gasteiger partial charge is 0.327 e. The van der Waals surface area contributed by atoms with Crippen molar-refractivity contribution in [1.29, 1.82) is 0 Å². The van der Waals surface area contributed by atoms with Crippen LogP contribution in [0, 0.1) is 5.92 Å². The van der Waals surface area contributed by atoms with Crippen LogP contribution in [0.2, 0.25) is 0 Å². The summed E-state index contributed by atoms with van der Waals surface area (Å²) < 4.78 is 5.28. The van der Waals surface area contributed by atoms with Gasteiger partial charge < -0.3 is 14.9 Å². The number of carbonyl (C=O) groups is 2. The number of aromatic hydroxyl groups is 1. The van der Waals surface area contributed by atoms with Gasteiger partial charge in [0, 0.05) is 0 Å². The van der Waals surface area contributed by atoms with Gasteiger partial charge in [-0.05, 0) is 29.7 Å². The number of hydrogen-bond donors (Lipinski definition) is 2. The summed E-state index contributed by atoms with van der Waals surface area (Å²) in [6, 6.07) is 3.70. The van der Waals surface area contributed by atoms with E-state index in [1.54, 1.807) is 25.1 Å². The number of rotatable bonds is 6. The summed E-state index contributed by atoms with van der Waals surface area (Å²) in [7, 11) is 1.43. The van der Waals surface area contributed by atoms with E-state index in [4.69, 9.17) is 17.0 Å². The van der Waals surface area contributed by atoms with Gasteiger partial charge in [0.05, 0.1) is 12.0 Å². The highest BCUT2D eigenvalue weighted by molar-refractivity contribution is 8.26. The number of aliphatic carboxylic acids is 1. The van der Waals surface area contributed by atoms with Gasteiger partial charge in [0.15, 0.2) is 11.5 Å². The Kier molecular flexibility index (Phi) is 6.07. The summed E-state index contributed by atoms with van der Waals surface area (Å²) >= 11 is 6.31. The quantitative estimate of drug-likeness (QED) is 0.578. The Labute approximate surface area is 155 Å². The molecule has 1 amide bonds. The molecule has 2 unspecified atom stereocenters. The zero-order valence-corrected chi connectivity index (χ0v) is 15.7. The van der Waals surface area contributed by atoms with Crippen LogP contribution in [-0.4, -0.2) is 44.5 Å². The van der Waals surface area contributed by atoms with Gasteiger partial charge in [-0.25, -0.2) is 4.79 Å². The third-order valence-electron chi connectivity index (χ3n) is 4.04. The van der Waals surface area contributed by atoms with Crippen molar-refractivity contribution in [2.45, 2.75) is 26.3 Å². The van der Waals surface area contributed by atoms with Crippen LogP contribution in [0.5, 0.6) is 11.5 Å². The molecule has 25 heavy (non-hydrogen) atoms. The van der Waals surface area contributed by atoms with E-state index < -0.39 is 17.9 Å². The summed E-state index contributed by atoms with van der Waals surface area (Å²) in [5.74, 6) is -1.44. The maximum Gasteiger partial charge on any atom is 0.327 e. The van der Waals surface area contributed by atoms with Gasteiger partial charge in [0.25, 0.3) is 5.91 Å². The SMILES string of the molecule is CCC(C)C(C(=O)O)N1C(=O)/C(=C/c2ccc(O)c(OC)c2)SC1=S. The van der Waals surface area contributed by atoms with Gasteiger partial charge in [-0.3, -0.25) is 9.69 Å². The summed E-state index contributed by atoms with van der Waals surface area (Å²) in [5.41, 5.74) is 0.644. The second kappa shape index (κ2) is 7.88. The Bertz CT molecular complexity index is 747. The molecular weight excluding hydrogens is 362 g/mol. The highest BCUT2D eigenvalue weighted by Crippen LogP contribution is 2.37. The van der Waals surface area contributed by atoms with Crippen molar-refractivity contribution in [2.24, 2.45) is 5.92 Å². The lowest BCUT2D eigenvalue weighted by Gasteiger charge is -2.27. The molecule has 0 spiro atoms. The lowest BCUT2D eigenvalue weighted by Crippen LogP contribution is -2.47. The molecule has 1 heterocycles. The van der Waals surface area contributed by atoms with Crippen LogP contribution in [0.25, 0.3) is 6.08 Å². The standard InChI is InChI=1S/C17H19NO5S2/c1-4-9(2)14(16(21)22)18-15(20)13(25-17(18)24)8-10-5-6-11(19)12(7-10)23-3/h5-9,14,19H,4H2,1-3H3,(H,21,22)/b13-8-. The van der Waals surface area contributed by atoms with Gasteiger partial charge >= 0.3 is 5.97 Å². The van der Waals surface area contributed by atoms with E-state index in [9.17, 15) is 19.8 Å². The van der Waals surface area contributed by atoms with E-state index >= 15 is 0 Å². The number of methoxy groups -OCH3 is 1. The Morgan fingerprint density at radius 1 is 1.48 bits per heavy atom. The van der Waals surface area contributed by atoms with Crippen LogP contribution < -0.4 is 4.74 Å². The lowest BCUT2D eigenvalue weighted by molar-refractivity contribution is -0.147. The van der Waals surface area contributed by atoms with Crippen molar-refractivity contribution < 1.29 is 24.5 Å². The number of ether oxygens (including phenoxy) is 1. The second-order valence-electron chi connectivity index (χ2n) is 5.65. The number of thioether (sulfide) groups is 1. The molecule has 1 aliphatic heterocycles. The number of phenolic OH excluding ortho intramolecular Hbond substituents is 1. The average Bonchev–Trinajstić information content (AvgIpc) is 2.84. The number of carboxylic acids is 1. The van der Waals surface area contributed by atoms with E-state index in [1.165, 1.54) is 18.1 Å². The highest BCUT2D eigenvalue weighted by atomic mass is 32.2. The Balaban J connectivity index is 2.36. The van der Waals surface area contributed by atoms with Crippen LogP contribution in [0.1, 0.15) is 25.8 Å². The molecule has 1 fully saturated rings. The highest BCUT2D eigenvalue weighted by Gasteiger charge is 2.42. The zero-order valence-electron chi connectivity index (χ0n) is 14.1. The number of carboxylic acid groups (broad SMARTS) is 1. The van der Waals surface area contributed by atoms with Crippen molar-refractivity contribution >= 4 is 46.3 Å². The largest absolute Gasteiger partial charge is 0.504 e. The predicted octanol–water partition coefficient (Wildman–Crippen LogP) is 3.10. The van der Waals surface area contributed by atoms with Gasteiger partial charge in [-0.2, -0.15) is 0 Å². The third-order valence-corrected chi connectivity index (χ3v) is 5.37. The maximum atomic E-state index is 12.7. The minimum atomic E-state index is -1.07. The second-order valence-corrected chi connectivity index (χ2v) is 7.33. The maximum absolute atomic E-state index is 12.7. The first-order valence-corrected chi connectivity index (χ1v) is 8.89. The first-order chi connectivity index (χ1) is 11.8. The number of thiocarbonyl (C=S) groups is 1. The summed E-state index contributed by atoms with van der Waals surface area (Å²) in [4.78, 5) is 25.9. The van der Waals surface area contributed by atoms with E-state index in [0.29, 0.717) is 16.9 Å². The van der Waals surface area contributed by atoms with E-state index in [1.807, 2.05) is 6.92 Å². The molecule has 0 aliphatic carbocycles. The zero-order chi connectivity index (χ0) is 18.7. The lowest BCUT2D eigenvalue weighted by atomic mass is 9.98. The fourth-order valence-corrected chi connectivity index (χ4v) is 3.82. The van der Waals surface area contributed by atoms with Crippen molar-refractivity contribution in [3.05, 3.63) is 28.7 Å². The molecule has 8 heteroatoms. The average molecular weight is 381 g/mol. The first kappa shape index (κ1) is 19.3. The minimum absolute atomic E-state index is 0.00471. The van der Waals surface area contributed by atoms with E-state index in [-0.39, 0.29) is 21.7 Å². The van der Waals surface area contributed by atoms with Crippen molar-refractivity contribution in [2.75, 3.05) is 7.11 Å². The number of benzene rings is 1. The molecule has 0 saturated carbocycles. The fraction of sp³-hybridized carbons (Fsp3) is 0.353. The summed E-state index contributed by atoms with van der Waals surface area (Å²) in [5, 5.41) is 19.2. The third kappa shape index (κ3) is 3.96. The molecule has 6 nitrogen and oxygen atoms in total. The van der Waals surface area contributed by atoms with Crippen molar-refractivity contribution in [3.63, 3.8) is 0 Å². The number of phenols is 1. The molecule has 0 bridgehead atoms. The predicted molar refractivity (Wildman–Crippen MR) is 101 cm³/mol. The Morgan fingerprint density at radius 3 is 2.72 bits per heavy atom. The number of nitrogens with zero attached hydrogens (tertiary/aromatic N) is 1. The Hall–Kier alpha value is -2.06. The summed E-state index contributed by atoms with van der Waals surface area (Å²) in [6.45, 7) is 3.66.